The van der Waals surface area contributed by atoms with E-state index in [-0.39, 0.29) is 11.3 Å². The van der Waals surface area contributed by atoms with Crippen molar-refractivity contribution in [2.75, 3.05) is 26.3 Å². The highest BCUT2D eigenvalue weighted by Crippen LogP contribution is 2.35. The van der Waals surface area contributed by atoms with Crippen molar-refractivity contribution in [3.05, 3.63) is 24.0 Å². The molecule has 1 amide bonds. The number of aromatic nitrogens is 2. The summed E-state index contributed by atoms with van der Waals surface area (Å²) in [5.74, 6) is 2.54. The molecule has 0 bridgehead atoms. The van der Waals surface area contributed by atoms with Crippen molar-refractivity contribution in [2.24, 2.45) is 11.8 Å². The maximum absolute atomic E-state index is 12.0. The SMILES string of the molecule is CC(C)(C)c1nc2cc(SN3CC(CC(=O)NC4CC4)C3)ccc2n1CC1CCCOCC1. The summed E-state index contributed by atoms with van der Waals surface area (Å²) in [6.45, 7) is 11.5. The predicted octanol–water partition coefficient (Wildman–Crippen LogP) is 4.76. The van der Waals surface area contributed by atoms with Crippen molar-refractivity contribution in [3.8, 4) is 0 Å². The van der Waals surface area contributed by atoms with E-state index in [9.17, 15) is 4.79 Å². The molecule has 1 unspecified atom stereocenters. The topological polar surface area (TPSA) is 59.4 Å². The van der Waals surface area contributed by atoms with E-state index in [2.05, 4.69) is 53.2 Å². The number of ether oxygens (including phenoxy) is 1. The van der Waals surface area contributed by atoms with Crippen molar-refractivity contribution in [1.82, 2.24) is 19.2 Å². The Morgan fingerprint density at radius 2 is 1.97 bits per heavy atom. The second-order valence-electron chi connectivity index (χ2n) is 11.2. The summed E-state index contributed by atoms with van der Waals surface area (Å²) < 4.78 is 10.5. The second kappa shape index (κ2) is 9.59. The maximum Gasteiger partial charge on any atom is 0.220 e. The van der Waals surface area contributed by atoms with Crippen molar-refractivity contribution in [1.29, 1.82) is 0 Å². The van der Waals surface area contributed by atoms with Crippen LogP contribution in [0.5, 0.6) is 0 Å². The van der Waals surface area contributed by atoms with Crippen LogP contribution in [0.2, 0.25) is 0 Å². The number of hydrogen-bond donors (Lipinski definition) is 1. The molecule has 180 valence electrons. The Labute approximate surface area is 202 Å². The minimum atomic E-state index is -0.000706. The first-order valence-electron chi connectivity index (χ1n) is 12.7. The predicted molar refractivity (Wildman–Crippen MR) is 133 cm³/mol. The number of fused-ring (bicyclic) bond motifs is 1. The standard InChI is InChI=1S/C26H38N4O2S/c1-26(2,3)25-28-22-14-21(33-29-15-19(16-29)13-24(31)27-20-6-7-20)8-9-23(22)30(25)17-18-5-4-11-32-12-10-18/h8-9,14,18-20H,4-7,10-13,15-17H2,1-3H3,(H,27,31). The van der Waals surface area contributed by atoms with Crippen LogP contribution in [0, 0.1) is 11.8 Å². The van der Waals surface area contributed by atoms with E-state index in [1.165, 1.54) is 22.7 Å². The van der Waals surface area contributed by atoms with Gasteiger partial charge in [-0.25, -0.2) is 9.29 Å². The van der Waals surface area contributed by atoms with Crippen molar-refractivity contribution < 1.29 is 9.53 Å². The molecular formula is C26H38N4O2S. The van der Waals surface area contributed by atoms with E-state index < -0.39 is 0 Å². The lowest BCUT2D eigenvalue weighted by atomic mass is 9.94. The minimum absolute atomic E-state index is 0.000706. The molecular weight excluding hydrogens is 432 g/mol. The van der Waals surface area contributed by atoms with Crippen LogP contribution in [0.15, 0.2) is 23.1 Å². The molecule has 1 atom stereocenters. The van der Waals surface area contributed by atoms with Crippen molar-refractivity contribution in [3.63, 3.8) is 0 Å². The molecule has 2 saturated heterocycles. The summed E-state index contributed by atoms with van der Waals surface area (Å²) in [6.07, 6.45) is 6.49. The molecule has 2 aliphatic heterocycles. The van der Waals surface area contributed by atoms with Crippen LogP contribution in [0.25, 0.3) is 11.0 Å². The molecule has 3 fully saturated rings. The lowest BCUT2D eigenvalue weighted by Crippen LogP contribution is -2.44. The number of rotatable bonds is 7. The largest absolute Gasteiger partial charge is 0.381 e. The van der Waals surface area contributed by atoms with Gasteiger partial charge in [0, 0.05) is 55.6 Å². The zero-order valence-electron chi connectivity index (χ0n) is 20.3. The van der Waals surface area contributed by atoms with Crippen LogP contribution >= 0.6 is 11.9 Å². The maximum atomic E-state index is 12.0. The molecule has 3 heterocycles. The van der Waals surface area contributed by atoms with Gasteiger partial charge in [0.05, 0.1) is 11.0 Å². The van der Waals surface area contributed by atoms with Crippen LogP contribution in [0.4, 0.5) is 0 Å². The average molecular weight is 471 g/mol. The Kier molecular flexibility index (Phi) is 6.74. The molecule has 1 aromatic heterocycles. The molecule has 1 aliphatic carbocycles. The van der Waals surface area contributed by atoms with Gasteiger partial charge in [0.2, 0.25) is 5.91 Å². The third-order valence-corrected chi connectivity index (χ3v) is 8.00. The highest BCUT2D eigenvalue weighted by Gasteiger charge is 2.32. The first kappa shape index (κ1) is 23.2. The fourth-order valence-electron chi connectivity index (χ4n) is 4.99. The molecule has 2 aromatic rings. The Morgan fingerprint density at radius 1 is 1.15 bits per heavy atom. The quantitative estimate of drug-likeness (QED) is 0.592. The number of amides is 1. The number of carbonyl (C=O) groups is 1. The fraction of sp³-hybridized carbons (Fsp3) is 0.692. The first-order chi connectivity index (χ1) is 15.8. The van der Waals surface area contributed by atoms with E-state index in [0.29, 0.717) is 24.3 Å². The van der Waals surface area contributed by atoms with Gasteiger partial charge in [-0.05, 0) is 74.1 Å². The van der Waals surface area contributed by atoms with Gasteiger partial charge in [-0.1, -0.05) is 20.8 Å². The summed E-state index contributed by atoms with van der Waals surface area (Å²) in [6, 6.07) is 7.20. The van der Waals surface area contributed by atoms with Crippen molar-refractivity contribution in [2.45, 2.75) is 82.2 Å². The van der Waals surface area contributed by atoms with E-state index in [4.69, 9.17) is 9.72 Å². The van der Waals surface area contributed by atoms with Crippen LogP contribution < -0.4 is 5.32 Å². The summed E-state index contributed by atoms with van der Waals surface area (Å²) in [5.41, 5.74) is 2.34. The van der Waals surface area contributed by atoms with Gasteiger partial charge in [-0.15, -0.1) is 0 Å². The molecule has 1 aromatic carbocycles. The summed E-state index contributed by atoms with van der Waals surface area (Å²) in [5, 5.41) is 3.11. The fourth-order valence-corrected chi connectivity index (χ4v) is 6.15. The number of carbonyl (C=O) groups excluding carboxylic acids is 1. The van der Waals surface area contributed by atoms with Crippen LogP contribution in [0.1, 0.15) is 65.1 Å². The molecule has 6 nitrogen and oxygen atoms in total. The second-order valence-corrected chi connectivity index (χ2v) is 12.4. The Morgan fingerprint density at radius 3 is 2.73 bits per heavy atom. The summed E-state index contributed by atoms with van der Waals surface area (Å²) in [7, 11) is 0. The molecule has 0 radical (unpaired) electrons. The van der Waals surface area contributed by atoms with Crippen LogP contribution in [-0.2, 0) is 21.5 Å². The highest BCUT2D eigenvalue weighted by molar-refractivity contribution is 7.97. The van der Waals surface area contributed by atoms with Gasteiger partial charge >= 0.3 is 0 Å². The number of nitrogens with zero attached hydrogens (tertiary/aromatic N) is 3. The highest BCUT2D eigenvalue weighted by atomic mass is 32.2. The third kappa shape index (κ3) is 5.75. The zero-order chi connectivity index (χ0) is 23.0. The van der Waals surface area contributed by atoms with Gasteiger partial charge < -0.3 is 14.6 Å². The van der Waals surface area contributed by atoms with E-state index >= 15 is 0 Å². The minimum Gasteiger partial charge on any atom is -0.381 e. The third-order valence-electron chi connectivity index (χ3n) is 6.98. The normalized spacial score (nSPS) is 22.8. The zero-order valence-corrected chi connectivity index (χ0v) is 21.1. The Balaban J connectivity index is 1.25. The summed E-state index contributed by atoms with van der Waals surface area (Å²) >= 11 is 1.80. The van der Waals surface area contributed by atoms with Gasteiger partial charge in [-0.3, -0.25) is 4.79 Å². The lowest BCUT2D eigenvalue weighted by Gasteiger charge is -2.37. The summed E-state index contributed by atoms with van der Waals surface area (Å²) in [4.78, 5) is 18.4. The molecule has 1 saturated carbocycles. The Bertz CT molecular complexity index is 980. The van der Waals surface area contributed by atoms with Gasteiger partial charge in [-0.2, -0.15) is 0 Å². The molecule has 1 N–H and O–H groups in total. The van der Waals surface area contributed by atoms with E-state index in [0.717, 1.165) is 64.0 Å². The first-order valence-corrected chi connectivity index (χ1v) is 13.4. The van der Waals surface area contributed by atoms with Crippen molar-refractivity contribution >= 4 is 28.9 Å². The van der Waals surface area contributed by atoms with Gasteiger partial charge in [0.15, 0.2) is 0 Å². The van der Waals surface area contributed by atoms with E-state index in [1.807, 2.05) is 0 Å². The molecule has 33 heavy (non-hydrogen) atoms. The number of benzene rings is 1. The monoisotopic (exact) mass is 470 g/mol. The number of nitrogens with one attached hydrogen (secondary N) is 1. The van der Waals surface area contributed by atoms with Crippen LogP contribution in [-0.4, -0.2) is 52.1 Å². The smallest absolute Gasteiger partial charge is 0.220 e. The van der Waals surface area contributed by atoms with Gasteiger partial charge in [0.25, 0.3) is 0 Å². The molecule has 5 rings (SSSR count). The lowest BCUT2D eigenvalue weighted by molar-refractivity contribution is -0.122. The average Bonchev–Trinajstić information content (AvgIpc) is 3.51. The number of hydrogen-bond acceptors (Lipinski definition) is 5. The van der Waals surface area contributed by atoms with Crippen LogP contribution in [0.3, 0.4) is 0 Å². The molecule has 7 heteroatoms. The Hall–Kier alpha value is -1.57. The molecule has 0 spiro atoms. The van der Waals surface area contributed by atoms with Gasteiger partial charge in [0.1, 0.15) is 5.82 Å². The van der Waals surface area contributed by atoms with E-state index in [1.54, 1.807) is 11.9 Å². The number of imidazole rings is 1. The molecule has 3 aliphatic rings.